The Hall–Kier alpha value is -0.0900. The molecule has 0 aromatic carbocycles. The van der Waals surface area contributed by atoms with Crippen LogP contribution >= 0.6 is 0 Å². The first kappa shape index (κ1) is 9.00. The molecule has 66 valence electrons. The summed E-state index contributed by atoms with van der Waals surface area (Å²) in [7, 11) is -2.95. The zero-order chi connectivity index (χ0) is 8.48. The number of hydrogen-bond acceptors (Lipinski definition) is 2. The van der Waals surface area contributed by atoms with Gasteiger partial charge in [0.1, 0.15) is 0 Å². The van der Waals surface area contributed by atoms with Gasteiger partial charge < -0.3 is 0 Å². The van der Waals surface area contributed by atoms with E-state index in [1.54, 1.807) is 6.92 Å². The van der Waals surface area contributed by atoms with Gasteiger partial charge in [0.25, 0.3) is 0 Å². The van der Waals surface area contributed by atoms with Crippen LogP contribution < -0.4 is 4.72 Å². The van der Waals surface area contributed by atoms with Crippen molar-refractivity contribution in [3.05, 3.63) is 0 Å². The predicted molar refractivity (Wildman–Crippen MR) is 44.8 cm³/mol. The molecule has 0 aromatic rings. The van der Waals surface area contributed by atoms with E-state index in [0.717, 1.165) is 12.8 Å². The van der Waals surface area contributed by atoms with Crippen molar-refractivity contribution in [2.24, 2.45) is 5.92 Å². The van der Waals surface area contributed by atoms with Gasteiger partial charge in [-0.15, -0.1) is 0 Å². The zero-order valence-corrected chi connectivity index (χ0v) is 7.82. The minimum atomic E-state index is -2.95. The summed E-state index contributed by atoms with van der Waals surface area (Å²) >= 11 is 0. The van der Waals surface area contributed by atoms with Gasteiger partial charge in [0, 0.05) is 6.04 Å². The van der Waals surface area contributed by atoms with Crippen molar-refractivity contribution in [2.45, 2.75) is 32.7 Å². The zero-order valence-electron chi connectivity index (χ0n) is 7.00. The molecule has 3 nitrogen and oxygen atoms in total. The van der Waals surface area contributed by atoms with Crippen molar-refractivity contribution < 1.29 is 8.42 Å². The minimum absolute atomic E-state index is 0.194. The largest absolute Gasteiger partial charge is 0.212 e. The van der Waals surface area contributed by atoms with E-state index < -0.39 is 10.0 Å². The average Bonchev–Trinajstić information content (AvgIpc) is 2.67. The summed E-state index contributed by atoms with van der Waals surface area (Å²) in [4.78, 5) is 0. The summed E-state index contributed by atoms with van der Waals surface area (Å²) in [6, 6.07) is 0.241. The van der Waals surface area contributed by atoms with E-state index >= 15 is 0 Å². The molecule has 0 saturated heterocycles. The first-order valence-corrected chi connectivity index (χ1v) is 5.74. The van der Waals surface area contributed by atoms with Gasteiger partial charge in [-0.2, -0.15) is 0 Å². The van der Waals surface area contributed by atoms with Crippen LogP contribution in [-0.2, 0) is 10.0 Å². The molecule has 2 unspecified atom stereocenters. The first-order valence-electron chi connectivity index (χ1n) is 4.09. The molecule has 0 radical (unpaired) electrons. The lowest BCUT2D eigenvalue weighted by Gasteiger charge is -2.01. The highest BCUT2D eigenvalue weighted by molar-refractivity contribution is 7.89. The number of sulfonamides is 1. The highest BCUT2D eigenvalue weighted by Gasteiger charge is 2.37. The molecular weight excluding hydrogens is 162 g/mol. The third kappa shape index (κ3) is 2.45. The molecule has 0 bridgehead atoms. The van der Waals surface area contributed by atoms with Crippen LogP contribution in [0.25, 0.3) is 0 Å². The molecular formula is C7H15NO2S. The third-order valence-corrected chi connectivity index (χ3v) is 3.58. The van der Waals surface area contributed by atoms with Crippen LogP contribution in [0.2, 0.25) is 0 Å². The van der Waals surface area contributed by atoms with Crippen LogP contribution in [0.1, 0.15) is 26.7 Å². The summed E-state index contributed by atoms with van der Waals surface area (Å²) in [5.74, 6) is 0.788. The van der Waals surface area contributed by atoms with Crippen molar-refractivity contribution in [1.82, 2.24) is 4.72 Å². The molecule has 0 aromatic heterocycles. The Morgan fingerprint density at radius 2 is 2.09 bits per heavy atom. The monoisotopic (exact) mass is 177 g/mol. The quantitative estimate of drug-likeness (QED) is 0.688. The standard InChI is InChI=1S/C7H15NO2S/c1-3-6-5-7(6)8-11(9,10)4-2/h6-8H,3-5H2,1-2H3. The van der Waals surface area contributed by atoms with E-state index in [9.17, 15) is 8.42 Å². The van der Waals surface area contributed by atoms with E-state index in [0.29, 0.717) is 5.92 Å². The normalized spacial score (nSPS) is 30.4. The highest BCUT2D eigenvalue weighted by Crippen LogP contribution is 2.33. The van der Waals surface area contributed by atoms with Gasteiger partial charge in [-0.3, -0.25) is 0 Å². The van der Waals surface area contributed by atoms with Crippen molar-refractivity contribution >= 4 is 10.0 Å². The van der Waals surface area contributed by atoms with E-state index in [-0.39, 0.29) is 11.8 Å². The van der Waals surface area contributed by atoms with Gasteiger partial charge in [0.05, 0.1) is 5.75 Å². The second-order valence-corrected chi connectivity index (χ2v) is 5.07. The van der Waals surface area contributed by atoms with E-state index in [1.807, 2.05) is 0 Å². The van der Waals surface area contributed by atoms with Crippen LogP contribution in [0.3, 0.4) is 0 Å². The molecule has 1 rings (SSSR count). The van der Waals surface area contributed by atoms with Gasteiger partial charge in [0.15, 0.2) is 0 Å². The van der Waals surface area contributed by atoms with Crippen molar-refractivity contribution in [3.63, 3.8) is 0 Å². The van der Waals surface area contributed by atoms with Crippen LogP contribution in [0.4, 0.5) is 0 Å². The maximum Gasteiger partial charge on any atom is 0.211 e. The van der Waals surface area contributed by atoms with Crippen molar-refractivity contribution in [2.75, 3.05) is 5.75 Å². The number of hydrogen-bond donors (Lipinski definition) is 1. The Morgan fingerprint density at radius 1 is 1.45 bits per heavy atom. The van der Waals surface area contributed by atoms with Crippen molar-refractivity contribution in [1.29, 1.82) is 0 Å². The molecule has 0 spiro atoms. The van der Waals surface area contributed by atoms with Crippen LogP contribution in [0.5, 0.6) is 0 Å². The fourth-order valence-corrected chi connectivity index (χ4v) is 2.07. The molecule has 1 N–H and O–H groups in total. The predicted octanol–water partition coefficient (Wildman–Crippen LogP) is 0.724. The molecule has 4 heteroatoms. The summed E-state index contributed by atoms with van der Waals surface area (Å²) < 4.78 is 24.7. The Balaban J connectivity index is 2.34. The SMILES string of the molecule is CCC1CC1NS(=O)(=O)CC. The maximum atomic E-state index is 11.0. The Bertz CT molecular complexity index is 223. The lowest BCUT2D eigenvalue weighted by Crippen LogP contribution is -2.28. The number of nitrogens with one attached hydrogen (secondary N) is 1. The van der Waals surface area contributed by atoms with E-state index in [4.69, 9.17) is 0 Å². The van der Waals surface area contributed by atoms with E-state index in [2.05, 4.69) is 11.6 Å². The lowest BCUT2D eigenvalue weighted by atomic mass is 10.3. The molecule has 2 atom stereocenters. The molecule has 0 amide bonds. The molecule has 11 heavy (non-hydrogen) atoms. The second-order valence-electron chi connectivity index (χ2n) is 3.03. The van der Waals surface area contributed by atoms with Crippen LogP contribution in [0, 0.1) is 5.92 Å². The van der Waals surface area contributed by atoms with Crippen molar-refractivity contribution in [3.8, 4) is 0 Å². The minimum Gasteiger partial charge on any atom is -0.212 e. The Morgan fingerprint density at radius 3 is 2.45 bits per heavy atom. The lowest BCUT2D eigenvalue weighted by molar-refractivity contribution is 0.577. The number of rotatable bonds is 4. The smallest absolute Gasteiger partial charge is 0.211 e. The maximum absolute atomic E-state index is 11.0. The molecule has 0 heterocycles. The summed E-state index contributed by atoms with van der Waals surface area (Å²) in [6.45, 7) is 3.75. The Kier molecular flexibility index (Phi) is 2.54. The summed E-state index contributed by atoms with van der Waals surface area (Å²) in [5, 5.41) is 0. The van der Waals surface area contributed by atoms with E-state index in [1.165, 1.54) is 0 Å². The molecule has 1 aliphatic rings. The summed E-state index contributed by atoms with van der Waals surface area (Å²) in [5.41, 5.74) is 0. The van der Waals surface area contributed by atoms with Gasteiger partial charge in [0.2, 0.25) is 10.0 Å². The molecule has 1 saturated carbocycles. The van der Waals surface area contributed by atoms with Gasteiger partial charge in [-0.25, -0.2) is 13.1 Å². The second kappa shape index (κ2) is 3.11. The first-order chi connectivity index (χ1) is 5.09. The average molecular weight is 177 g/mol. The molecule has 0 aliphatic heterocycles. The highest BCUT2D eigenvalue weighted by atomic mass is 32.2. The summed E-state index contributed by atoms with van der Waals surface area (Å²) in [6.07, 6.45) is 2.10. The fourth-order valence-electron chi connectivity index (χ4n) is 1.16. The Labute approximate surface area is 68.2 Å². The fraction of sp³-hybridized carbons (Fsp3) is 1.00. The topological polar surface area (TPSA) is 46.2 Å². The van der Waals surface area contributed by atoms with Crippen LogP contribution in [0.15, 0.2) is 0 Å². The van der Waals surface area contributed by atoms with Gasteiger partial charge >= 0.3 is 0 Å². The third-order valence-electron chi connectivity index (χ3n) is 2.16. The van der Waals surface area contributed by atoms with Gasteiger partial charge in [-0.05, 0) is 19.3 Å². The molecule has 1 aliphatic carbocycles. The van der Waals surface area contributed by atoms with Gasteiger partial charge in [-0.1, -0.05) is 13.3 Å². The van der Waals surface area contributed by atoms with Crippen LogP contribution in [-0.4, -0.2) is 20.2 Å². The molecule has 1 fully saturated rings.